The van der Waals surface area contributed by atoms with E-state index in [0.29, 0.717) is 0 Å². The number of hydrogen-bond donors (Lipinski definition) is 1. The van der Waals surface area contributed by atoms with E-state index in [9.17, 15) is 0 Å². The summed E-state index contributed by atoms with van der Waals surface area (Å²) < 4.78 is 0. The Hall–Kier alpha value is -1.77. The van der Waals surface area contributed by atoms with E-state index in [1.165, 1.54) is 17.2 Å². The molecule has 1 aliphatic rings. The van der Waals surface area contributed by atoms with Gasteiger partial charge in [-0.3, -0.25) is 0 Å². The second kappa shape index (κ2) is 5.31. The zero-order valence-electron chi connectivity index (χ0n) is 12.6. The molecule has 1 N–H and O–H groups in total. The number of piperidine rings is 1. The normalized spacial score (nSPS) is 23.1. The third kappa shape index (κ3) is 2.33. The van der Waals surface area contributed by atoms with Gasteiger partial charge in [-0.15, -0.1) is 0 Å². The second-order valence-corrected chi connectivity index (χ2v) is 6.01. The molecule has 3 heteroatoms. The molecular formula is C17H23N3. The van der Waals surface area contributed by atoms with E-state index in [0.717, 1.165) is 36.4 Å². The molecule has 1 aliphatic heterocycles. The molecule has 2 atom stereocenters. The highest BCUT2D eigenvalue weighted by Crippen LogP contribution is 2.31. The topological polar surface area (TPSA) is 28.2 Å². The van der Waals surface area contributed by atoms with Gasteiger partial charge >= 0.3 is 0 Å². The van der Waals surface area contributed by atoms with Crippen LogP contribution in [0.15, 0.2) is 30.5 Å². The predicted octanol–water partition coefficient (Wildman–Crippen LogP) is 3.76. The first kappa shape index (κ1) is 13.2. The zero-order chi connectivity index (χ0) is 14.1. The fourth-order valence-electron chi connectivity index (χ4n) is 3.02. The average molecular weight is 269 g/mol. The van der Waals surface area contributed by atoms with Gasteiger partial charge in [0.05, 0.1) is 0 Å². The van der Waals surface area contributed by atoms with Crippen LogP contribution in [0, 0.1) is 11.8 Å². The van der Waals surface area contributed by atoms with Crippen LogP contribution in [0.3, 0.4) is 0 Å². The van der Waals surface area contributed by atoms with Crippen molar-refractivity contribution in [2.75, 3.05) is 30.4 Å². The number of nitrogens with one attached hydrogen (secondary N) is 1. The second-order valence-electron chi connectivity index (χ2n) is 6.01. The maximum absolute atomic E-state index is 4.65. The van der Waals surface area contributed by atoms with E-state index in [1.807, 2.05) is 13.2 Å². The van der Waals surface area contributed by atoms with Crippen LogP contribution in [0.5, 0.6) is 0 Å². The largest absolute Gasteiger partial charge is 0.388 e. The molecule has 1 aromatic carbocycles. The number of fused-ring (bicyclic) bond motifs is 1. The lowest BCUT2D eigenvalue weighted by atomic mass is 9.88. The third-order valence-corrected chi connectivity index (χ3v) is 4.67. The Morgan fingerprint density at radius 1 is 1.20 bits per heavy atom. The highest BCUT2D eigenvalue weighted by molar-refractivity contribution is 5.94. The summed E-state index contributed by atoms with van der Waals surface area (Å²) in [5.74, 6) is 2.69. The van der Waals surface area contributed by atoms with E-state index in [-0.39, 0.29) is 0 Å². The molecule has 106 valence electrons. The summed E-state index contributed by atoms with van der Waals surface area (Å²) in [7, 11) is 1.96. The Morgan fingerprint density at radius 3 is 2.80 bits per heavy atom. The minimum Gasteiger partial charge on any atom is -0.388 e. The van der Waals surface area contributed by atoms with Crippen molar-refractivity contribution in [3.8, 4) is 0 Å². The number of pyridine rings is 1. The molecule has 1 aromatic heterocycles. The first-order valence-corrected chi connectivity index (χ1v) is 7.50. The van der Waals surface area contributed by atoms with E-state index >= 15 is 0 Å². The fourth-order valence-corrected chi connectivity index (χ4v) is 3.02. The monoisotopic (exact) mass is 269 g/mol. The van der Waals surface area contributed by atoms with Crippen molar-refractivity contribution in [2.45, 2.75) is 20.3 Å². The maximum atomic E-state index is 4.65. The van der Waals surface area contributed by atoms with Crippen LogP contribution in [-0.2, 0) is 0 Å². The molecule has 2 heterocycles. The van der Waals surface area contributed by atoms with Crippen molar-refractivity contribution in [2.24, 2.45) is 11.8 Å². The molecule has 1 fully saturated rings. The van der Waals surface area contributed by atoms with Gasteiger partial charge in [0, 0.05) is 37.4 Å². The molecule has 3 rings (SSSR count). The lowest BCUT2D eigenvalue weighted by Gasteiger charge is -2.36. The molecule has 0 aliphatic carbocycles. The molecular weight excluding hydrogens is 246 g/mol. The summed E-state index contributed by atoms with van der Waals surface area (Å²) >= 11 is 0. The Balaban J connectivity index is 1.99. The van der Waals surface area contributed by atoms with Gasteiger partial charge < -0.3 is 10.2 Å². The fraction of sp³-hybridized carbons (Fsp3) is 0.471. The average Bonchev–Trinajstić information content (AvgIpc) is 2.49. The summed E-state index contributed by atoms with van der Waals surface area (Å²) in [5, 5.41) is 5.71. The van der Waals surface area contributed by atoms with Crippen LogP contribution in [0.25, 0.3) is 10.8 Å². The lowest BCUT2D eigenvalue weighted by molar-refractivity contribution is 0.323. The molecule has 1 saturated heterocycles. The number of anilines is 2. The van der Waals surface area contributed by atoms with Gasteiger partial charge in [-0.05, 0) is 47.9 Å². The Labute approximate surface area is 121 Å². The molecule has 0 amide bonds. The molecule has 2 unspecified atom stereocenters. The number of nitrogens with zero attached hydrogens (tertiary/aromatic N) is 2. The van der Waals surface area contributed by atoms with Crippen LogP contribution < -0.4 is 10.2 Å². The molecule has 0 bridgehead atoms. The minimum atomic E-state index is 0.734. The Kier molecular flexibility index (Phi) is 3.51. The molecule has 0 radical (unpaired) electrons. The lowest BCUT2D eigenvalue weighted by Crippen LogP contribution is -2.38. The van der Waals surface area contributed by atoms with Crippen molar-refractivity contribution < 1.29 is 0 Å². The first-order chi connectivity index (χ1) is 9.69. The SMILES string of the molecule is CNc1ccc2c(N3CCC(C)C(C)C3)nccc2c1. The standard InChI is InChI=1S/C17H23N3/c1-12-7-9-20(11-13(12)2)17-16-5-4-15(18-3)10-14(16)6-8-19-17/h4-6,8,10,12-13,18H,7,9,11H2,1-3H3. The van der Waals surface area contributed by atoms with Crippen molar-refractivity contribution >= 4 is 22.3 Å². The van der Waals surface area contributed by atoms with Gasteiger partial charge in [-0.25, -0.2) is 4.98 Å². The van der Waals surface area contributed by atoms with E-state index in [1.54, 1.807) is 0 Å². The van der Waals surface area contributed by atoms with Crippen molar-refractivity contribution in [3.63, 3.8) is 0 Å². The minimum absolute atomic E-state index is 0.734. The summed E-state index contributed by atoms with van der Waals surface area (Å²) in [6.07, 6.45) is 3.19. The van der Waals surface area contributed by atoms with Crippen LogP contribution in [-0.4, -0.2) is 25.1 Å². The summed E-state index contributed by atoms with van der Waals surface area (Å²) in [6.45, 7) is 6.94. The van der Waals surface area contributed by atoms with Crippen molar-refractivity contribution in [1.29, 1.82) is 0 Å². The van der Waals surface area contributed by atoms with Gasteiger partial charge in [-0.1, -0.05) is 13.8 Å². The molecule has 0 saturated carbocycles. The maximum Gasteiger partial charge on any atom is 0.136 e. The molecule has 0 spiro atoms. The Bertz CT molecular complexity index is 608. The number of hydrogen-bond acceptors (Lipinski definition) is 3. The van der Waals surface area contributed by atoms with Gasteiger partial charge in [0.1, 0.15) is 5.82 Å². The van der Waals surface area contributed by atoms with Crippen molar-refractivity contribution in [3.05, 3.63) is 30.5 Å². The van der Waals surface area contributed by atoms with Crippen LogP contribution in [0.4, 0.5) is 11.5 Å². The summed E-state index contributed by atoms with van der Waals surface area (Å²) in [4.78, 5) is 7.10. The van der Waals surface area contributed by atoms with E-state index in [2.05, 4.69) is 53.3 Å². The number of benzene rings is 1. The highest BCUT2D eigenvalue weighted by Gasteiger charge is 2.24. The van der Waals surface area contributed by atoms with Gasteiger partial charge in [0.2, 0.25) is 0 Å². The van der Waals surface area contributed by atoms with Crippen LogP contribution in [0.2, 0.25) is 0 Å². The summed E-state index contributed by atoms with van der Waals surface area (Å²) in [6, 6.07) is 8.60. The molecule has 2 aromatic rings. The number of rotatable bonds is 2. The Morgan fingerprint density at radius 2 is 2.05 bits per heavy atom. The predicted molar refractivity (Wildman–Crippen MR) is 86.4 cm³/mol. The zero-order valence-corrected chi connectivity index (χ0v) is 12.6. The first-order valence-electron chi connectivity index (χ1n) is 7.50. The van der Waals surface area contributed by atoms with E-state index in [4.69, 9.17) is 0 Å². The molecule has 3 nitrogen and oxygen atoms in total. The van der Waals surface area contributed by atoms with Gasteiger partial charge in [0.25, 0.3) is 0 Å². The smallest absolute Gasteiger partial charge is 0.136 e. The molecule has 20 heavy (non-hydrogen) atoms. The van der Waals surface area contributed by atoms with Gasteiger partial charge in [0.15, 0.2) is 0 Å². The third-order valence-electron chi connectivity index (χ3n) is 4.67. The summed E-state index contributed by atoms with van der Waals surface area (Å²) in [5.41, 5.74) is 1.15. The van der Waals surface area contributed by atoms with Crippen LogP contribution in [0.1, 0.15) is 20.3 Å². The quantitative estimate of drug-likeness (QED) is 0.899. The van der Waals surface area contributed by atoms with Crippen molar-refractivity contribution in [1.82, 2.24) is 4.98 Å². The van der Waals surface area contributed by atoms with E-state index < -0.39 is 0 Å². The highest BCUT2D eigenvalue weighted by atomic mass is 15.2. The van der Waals surface area contributed by atoms with Gasteiger partial charge in [-0.2, -0.15) is 0 Å². The number of aromatic nitrogens is 1. The van der Waals surface area contributed by atoms with Crippen LogP contribution >= 0.6 is 0 Å².